The van der Waals surface area contributed by atoms with Crippen molar-refractivity contribution >= 4 is 5.95 Å². The number of benzene rings is 1. The molecule has 0 radical (unpaired) electrons. The van der Waals surface area contributed by atoms with E-state index in [9.17, 15) is 5.11 Å². The number of aromatic nitrogens is 2. The van der Waals surface area contributed by atoms with Crippen molar-refractivity contribution < 1.29 is 5.11 Å². The van der Waals surface area contributed by atoms with Crippen LogP contribution in [0.4, 0.5) is 5.95 Å². The number of anilines is 1. The van der Waals surface area contributed by atoms with E-state index in [1.165, 1.54) is 11.8 Å². The van der Waals surface area contributed by atoms with Crippen LogP contribution in [-0.4, -0.2) is 15.1 Å². The lowest BCUT2D eigenvalue weighted by molar-refractivity contribution is 0.461. The summed E-state index contributed by atoms with van der Waals surface area (Å²) in [6.45, 7) is 0. The standard InChI is InChI=1S/C12H13N3O/c13-12-14-8-11(16)10(15-12)7-6-9-4-2-1-3-5-9/h1-5,8,16H,6-7H2,(H2,13,14,15). The van der Waals surface area contributed by atoms with Gasteiger partial charge < -0.3 is 10.8 Å². The molecule has 0 saturated carbocycles. The van der Waals surface area contributed by atoms with E-state index in [-0.39, 0.29) is 11.7 Å². The molecular weight excluding hydrogens is 202 g/mol. The van der Waals surface area contributed by atoms with Gasteiger partial charge in [0.15, 0.2) is 5.75 Å². The van der Waals surface area contributed by atoms with Crippen molar-refractivity contribution in [2.75, 3.05) is 5.73 Å². The predicted octanol–water partition coefficient (Wildman–Crippen LogP) is 1.55. The molecule has 0 amide bonds. The lowest BCUT2D eigenvalue weighted by Gasteiger charge is -2.04. The molecule has 0 spiro atoms. The van der Waals surface area contributed by atoms with Gasteiger partial charge in [-0.05, 0) is 18.4 Å². The molecular formula is C12H13N3O. The largest absolute Gasteiger partial charge is 0.504 e. The molecule has 82 valence electrons. The van der Waals surface area contributed by atoms with Gasteiger partial charge in [-0.1, -0.05) is 30.3 Å². The number of nitrogen functional groups attached to an aromatic ring is 1. The molecule has 4 nitrogen and oxygen atoms in total. The number of hydrogen-bond donors (Lipinski definition) is 2. The zero-order valence-corrected chi connectivity index (χ0v) is 8.80. The highest BCUT2D eigenvalue weighted by Crippen LogP contribution is 2.15. The fraction of sp³-hybridized carbons (Fsp3) is 0.167. The van der Waals surface area contributed by atoms with E-state index >= 15 is 0 Å². The summed E-state index contributed by atoms with van der Waals surface area (Å²) in [4.78, 5) is 7.72. The minimum atomic E-state index is 0.102. The van der Waals surface area contributed by atoms with Gasteiger partial charge in [0.05, 0.1) is 11.9 Å². The molecule has 2 aromatic rings. The van der Waals surface area contributed by atoms with Crippen molar-refractivity contribution in [2.45, 2.75) is 12.8 Å². The average Bonchev–Trinajstić information content (AvgIpc) is 2.32. The van der Waals surface area contributed by atoms with Crippen molar-refractivity contribution in [1.82, 2.24) is 9.97 Å². The molecule has 0 fully saturated rings. The second-order valence-electron chi connectivity index (χ2n) is 3.55. The number of hydrogen-bond acceptors (Lipinski definition) is 4. The molecule has 1 aromatic heterocycles. The van der Waals surface area contributed by atoms with Gasteiger partial charge in [0, 0.05) is 0 Å². The fourth-order valence-electron chi connectivity index (χ4n) is 1.52. The Morgan fingerprint density at radius 3 is 2.62 bits per heavy atom. The smallest absolute Gasteiger partial charge is 0.220 e. The lowest BCUT2D eigenvalue weighted by Crippen LogP contribution is -2.00. The molecule has 1 aromatic carbocycles. The van der Waals surface area contributed by atoms with Crippen LogP contribution in [0.25, 0.3) is 0 Å². The van der Waals surface area contributed by atoms with Gasteiger partial charge in [0.2, 0.25) is 5.95 Å². The SMILES string of the molecule is Nc1ncc(O)c(CCc2ccccc2)n1. The molecule has 0 aliphatic rings. The summed E-state index contributed by atoms with van der Waals surface area (Å²) in [6, 6.07) is 10.0. The Kier molecular flexibility index (Phi) is 3.00. The minimum absolute atomic E-state index is 0.102. The summed E-state index contributed by atoms with van der Waals surface area (Å²) >= 11 is 0. The number of rotatable bonds is 3. The molecule has 2 rings (SSSR count). The minimum Gasteiger partial charge on any atom is -0.504 e. The zero-order chi connectivity index (χ0) is 11.4. The third-order valence-corrected chi connectivity index (χ3v) is 2.36. The first-order chi connectivity index (χ1) is 7.75. The van der Waals surface area contributed by atoms with Gasteiger partial charge in [-0.25, -0.2) is 9.97 Å². The molecule has 3 N–H and O–H groups in total. The summed E-state index contributed by atoms with van der Waals surface area (Å²) in [6.07, 6.45) is 2.82. The van der Waals surface area contributed by atoms with E-state index in [1.54, 1.807) is 0 Å². The first-order valence-electron chi connectivity index (χ1n) is 5.10. The van der Waals surface area contributed by atoms with Gasteiger partial charge >= 0.3 is 0 Å². The van der Waals surface area contributed by atoms with Gasteiger partial charge in [-0.3, -0.25) is 0 Å². The molecule has 0 aliphatic carbocycles. The first kappa shape index (κ1) is 10.4. The number of aryl methyl sites for hydroxylation is 2. The highest BCUT2D eigenvalue weighted by Gasteiger charge is 2.04. The summed E-state index contributed by atoms with van der Waals surface area (Å²) in [7, 11) is 0. The molecule has 4 heteroatoms. The van der Waals surface area contributed by atoms with E-state index in [0.717, 1.165) is 6.42 Å². The van der Waals surface area contributed by atoms with Crippen LogP contribution >= 0.6 is 0 Å². The van der Waals surface area contributed by atoms with E-state index in [2.05, 4.69) is 9.97 Å². The maximum Gasteiger partial charge on any atom is 0.220 e. The Balaban J connectivity index is 2.08. The summed E-state index contributed by atoms with van der Waals surface area (Å²) in [5.74, 6) is 0.297. The fourth-order valence-corrected chi connectivity index (χ4v) is 1.52. The second kappa shape index (κ2) is 4.61. The monoisotopic (exact) mass is 215 g/mol. The van der Waals surface area contributed by atoms with Crippen LogP contribution in [0.2, 0.25) is 0 Å². The van der Waals surface area contributed by atoms with Crippen molar-refractivity contribution in [3.63, 3.8) is 0 Å². The predicted molar refractivity (Wildman–Crippen MR) is 62.0 cm³/mol. The maximum absolute atomic E-state index is 9.53. The van der Waals surface area contributed by atoms with Crippen LogP contribution in [0.3, 0.4) is 0 Å². The van der Waals surface area contributed by atoms with Crippen LogP contribution in [-0.2, 0) is 12.8 Å². The zero-order valence-electron chi connectivity index (χ0n) is 8.80. The Morgan fingerprint density at radius 2 is 1.88 bits per heavy atom. The van der Waals surface area contributed by atoms with Crippen molar-refractivity contribution in [3.8, 4) is 5.75 Å². The highest BCUT2D eigenvalue weighted by molar-refractivity contribution is 5.30. The van der Waals surface area contributed by atoms with Gasteiger partial charge in [-0.2, -0.15) is 0 Å². The Morgan fingerprint density at radius 1 is 1.12 bits per heavy atom. The molecule has 16 heavy (non-hydrogen) atoms. The Hall–Kier alpha value is -2.10. The molecule has 0 aliphatic heterocycles. The van der Waals surface area contributed by atoms with Crippen LogP contribution in [0, 0.1) is 0 Å². The van der Waals surface area contributed by atoms with Gasteiger partial charge in [0.1, 0.15) is 0 Å². The quantitative estimate of drug-likeness (QED) is 0.814. The summed E-state index contributed by atoms with van der Waals surface area (Å²) in [5, 5.41) is 9.53. The lowest BCUT2D eigenvalue weighted by atomic mass is 10.1. The normalized spacial score (nSPS) is 10.2. The third-order valence-electron chi connectivity index (χ3n) is 2.36. The van der Waals surface area contributed by atoms with Crippen LogP contribution in [0.15, 0.2) is 36.5 Å². The molecule has 0 atom stereocenters. The van der Waals surface area contributed by atoms with Crippen LogP contribution < -0.4 is 5.73 Å². The Bertz CT molecular complexity index is 471. The summed E-state index contributed by atoms with van der Waals surface area (Å²) < 4.78 is 0. The van der Waals surface area contributed by atoms with Gasteiger partial charge in [0.25, 0.3) is 0 Å². The Labute approximate surface area is 93.8 Å². The average molecular weight is 215 g/mol. The van der Waals surface area contributed by atoms with Crippen LogP contribution in [0.5, 0.6) is 5.75 Å². The summed E-state index contributed by atoms with van der Waals surface area (Å²) in [5.41, 5.74) is 7.26. The number of nitrogens with two attached hydrogens (primary N) is 1. The molecule has 1 heterocycles. The second-order valence-corrected chi connectivity index (χ2v) is 3.55. The van der Waals surface area contributed by atoms with Crippen LogP contribution in [0.1, 0.15) is 11.3 Å². The van der Waals surface area contributed by atoms with Crippen molar-refractivity contribution in [3.05, 3.63) is 47.8 Å². The van der Waals surface area contributed by atoms with Gasteiger partial charge in [-0.15, -0.1) is 0 Å². The highest BCUT2D eigenvalue weighted by atomic mass is 16.3. The van der Waals surface area contributed by atoms with E-state index < -0.39 is 0 Å². The van der Waals surface area contributed by atoms with E-state index in [4.69, 9.17) is 5.73 Å². The molecule has 0 saturated heterocycles. The molecule has 0 unspecified atom stereocenters. The maximum atomic E-state index is 9.53. The number of aromatic hydroxyl groups is 1. The third kappa shape index (κ3) is 2.48. The first-order valence-corrected chi connectivity index (χ1v) is 5.10. The van der Waals surface area contributed by atoms with Crippen molar-refractivity contribution in [1.29, 1.82) is 0 Å². The van der Waals surface area contributed by atoms with E-state index in [1.807, 2.05) is 30.3 Å². The topological polar surface area (TPSA) is 72.0 Å². The van der Waals surface area contributed by atoms with Crippen molar-refractivity contribution in [2.24, 2.45) is 0 Å². The molecule has 0 bridgehead atoms. The van der Waals surface area contributed by atoms with E-state index in [0.29, 0.717) is 12.1 Å². The number of nitrogens with zero attached hydrogens (tertiary/aromatic N) is 2.